The maximum absolute atomic E-state index is 12.4. The number of nitrogen functional groups attached to an aromatic ring is 1. The molecule has 228 valence electrons. The third-order valence-electron chi connectivity index (χ3n) is 6.39. The summed E-state index contributed by atoms with van der Waals surface area (Å²) >= 11 is 1.01. The van der Waals surface area contributed by atoms with E-state index in [2.05, 4.69) is 23.8 Å². The smallest absolute Gasteiger partial charge is 0.387 e. The molecule has 0 radical (unpaired) electrons. The van der Waals surface area contributed by atoms with E-state index in [1.54, 1.807) is 0 Å². The number of nitrogens with zero attached hydrogens (tertiary/aromatic N) is 5. The molecule has 22 heteroatoms. The highest BCUT2D eigenvalue weighted by molar-refractivity contribution is 7.61. The van der Waals surface area contributed by atoms with Crippen molar-refractivity contribution >= 4 is 44.0 Å². The van der Waals surface area contributed by atoms with Crippen LogP contribution in [0.15, 0.2) is 24.8 Å². The Hall–Kier alpha value is -2.44. The summed E-state index contributed by atoms with van der Waals surface area (Å²) in [4.78, 5) is 32.6. The second kappa shape index (κ2) is 11.9. The molecule has 5 rings (SSSR count). The van der Waals surface area contributed by atoms with Crippen molar-refractivity contribution in [3.63, 3.8) is 0 Å². The number of hydrogen-bond acceptors (Lipinski definition) is 17. The number of hydrogen-bond donors (Lipinski definition) is 7. The van der Waals surface area contributed by atoms with E-state index in [1.807, 2.05) is 6.07 Å². The Morgan fingerprint density at radius 3 is 2.26 bits per heavy atom. The summed E-state index contributed by atoms with van der Waals surface area (Å²) in [5, 5.41) is 50.4. The highest BCUT2D eigenvalue weighted by Crippen LogP contribution is 2.61. The fraction of sp³-hybridized carbons (Fsp3) is 0.500. The quantitative estimate of drug-likeness (QED) is 0.130. The molecule has 0 amide bonds. The van der Waals surface area contributed by atoms with Gasteiger partial charge in [0, 0.05) is 4.88 Å². The molecule has 2 aliphatic rings. The van der Waals surface area contributed by atoms with Crippen LogP contribution in [0.4, 0.5) is 5.82 Å². The summed E-state index contributed by atoms with van der Waals surface area (Å²) in [6, 6.07) is 4.93. The largest absolute Gasteiger partial charge is 0.481 e. The molecule has 2 aliphatic heterocycles. The minimum absolute atomic E-state index is 0.0578. The van der Waals surface area contributed by atoms with Gasteiger partial charge in [-0.3, -0.25) is 13.6 Å². The van der Waals surface area contributed by atoms with E-state index >= 15 is 0 Å². The molecule has 2 unspecified atom stereocenters. The number of rotatable bonds is 10. The number of fused-ring (bicyclic) bond motifs is 1. The van der Waals surface area contributed by atoms with Crippen molar-refractivity contribution < 1.29 is 62.2 Å². The first-order valence-electron chi connectivity index (χ1n) is 11.9. The minimum Gasteiger partial charge on any atom is -0.387 e. The highest BCUT2D eigenvalue weighted by atomic mass is 32.1. The Morgan fingerprint density at radius 2 is 1.62 bits per heavy atom. The van der Waals surface area contributed by atoms with Crippen LogP contribution < -0.4 is 5.73 Å². The van der Waals surface area contributed by atoms with Crippen LogP contribution >= 0.6 is 27.0 Å². The van der Waals surface area contributed by atoms with E-state index in [1.165, 1.54) is 23.0 Å². The molecule has 42 heavy (non-hydrogen) atoms. The Bertz CT molecular complexity index is 1580. The number of nitriles is 1. The van der Waals surface area contributed by atoms with Gasteiger partial charge in [-0.1, -0.05) is 0 Å². The van der Waals surface area contributed by atoms with Gasteiger partial charge in [-0.15, -0.1) is 11.3 Å². The van der Waals surface area contributed by atoms with Gasteiger partial charge in [0.05, 0.1) is 19.5 Å². The molecule has 3 aromatic rings. The molecule has 0 aromatic carbocycles. The van der Waals surface area contributed by atoms with Gasteiger partial charge >= 0.3 is 15.6 Å². The third kappa shape index (κ3) is 6.26. The van der Waals surface area contributed by atoms with Gasteiger partial charge in [-0.2, -0.15) is 9.57 Å². The molecule has 0 spiro atoms. The van der Waals surface area contributed by atoms with Crippen LogP contribution in [0.3, 0.4) is 0 Å². The molecule has 0 aliphatic carbocycles. The van der Waals surface area contributed by atoms with Crippen molar-refractivity contribution in [3.8, 4) is 6.07 Å². The molecule has 0 saturated carbocycles. The number of nitrogens with two attached hydrogens (primary N) is 1. The molecule has 0 bridgehead atoms. The first-order chi connectivity index (χ1) is 19.8. The predicted octanol–water partition coefficient (Wildman–Crippen LogP) is -0.927. The number of imidazole rings is 1. The van der Waals surface area contributed by atoms with Gasteiger partial charge in [0.15, 0.2) is 17.7 Å². The van der Waals surface area contributed by atoms with Gasteiger partial charge in [-0.05, 0) is 12.1 Å². The molecular formula is C20H24N6O13P2S. The molecule has 3 aromatic heterocycles. The van der Waals surface area contributed by atoms with Crippen molar-refractivity contribution in [3.05, 3.63) is 34.5 Å². The maximum atomic E-state index is 12.4. The number of anilines is 1. The zero-order valence-corrected chi connectivity index (χ0v) is 23.6. The van der Waals surface area contributed by atoms with Crippen LogP contribution in [0.1, 0.15) is 22.1 Å². The van der Waals surface area contributed by atoms with Crippen molar-refractivity contribution in [1.82, 2.24) is 19.5 Å². The second-order valence-electron chi connectivity index (χ2n) is 9.13. The summed E-state index contributed by atoms with van der Waals surface area (Å²) in [5.74, 6) is 0.0578. The van der Waals surface area contributed by atoms with E-state index < -0.39 is 77.8 Å². The number of phosphoric acid groups is 2. The van der Waals surface area contributed by atoms with E-state index in [9.17, 15) is 39.3 Å². The van der Waals surface area contributed by atoms with Crippen LogP contribution in [0.25, 0.3) is 11.2 Å². The summed E-state index contributed by atoms with van der Waals surface area (Å²) < 4.78 is 50.7. The number of aliphatic hydroxyl groups is 4. The first kappa shape index (κ1) is 31.0. The van der Waals surface area contributed by atoms with Gasteiger partial charge in [0.25, 0.3) is 0 Å². The summed E-state index contributed by atoms with van der Waals surface area (Å²) in [6.45, 7) is -1.72. The number of ether oxygens (including phenoxy) is 2. The molecule has 2 saturated heterocycles. The van der Waals surface area contributed by atoms with Crippen molar-refractivity contribution in [2.45, 2.75) is 49.0 Å². The SMILES string of the molecule is N#Cc1ccc([C@H]2O[C@H](COP(=O)(O)OP(=O)(O)OC[C@H]3O[C@@H](n4cnc5c(N)ncnc54)[C@H](O)[C@@H]3O)[C@@H](O)[C@H]2O)s1. The van der Waals surface area contributed by atoms with E-state index in [0.717, 1.165) is 17.7 Å². The van der Waals surface area contributed by atoms with Crippen LogP contribution in [-0.2, 0) is 32.0 Å². The third-order valence-corrected chi connectivity index (χ3v) is 10.0. The summed E-state index contributed by atoms with van der Waals surface area (Å²) in [6.07, 6.45) is -8.95. The fourth-order valence-electron chi connectivity index (χ4n) is 4.35. The van der Waals surface area contributed by atoms with E-state index in [-0.39, 0.29) is 17.0 Å². The standard InChI is InChI=1S/C20H24N6O13P2S/c21-3-8-1-2-11(42-8)17-15(29)13(27)9(37-17)4-35-40(31,32)39-41(33,34)36-5-10-14(28)16(30)20(38-10)26-7-25-12-18(22)23-6-24-19(12)26/h1-2,6-7,9-10,13-17,20,27-30H,4-5H2,(H,31,32)(H,33,34)(H2,22,23,24)/t9-,10-,13-,14-,15-,16-,17-,20-/m1/s1. The molecule has 19 nitrogen and oxygen atoms in total. The normalized spacial score (nSPS) is 32.5. The Morgan fingerprint density at radius 1 is 0.976 bits per heavy atom. The van der Waals surface area contributed by atoms with Gasteiger partial charge in [0.1, 0.15) is 65.5 Å². The lowest BCUT2D eigenvalue weighted by Crippen LogP contribution is -2.33. The predicted molar refractivity (Wildman–Crippen MR) is 137 cm³/mol. The van der Waals surface area contributed by atoms with Gasteiger partial charge in [-0.25, -0.2) is 24.1 Å². The van der Waals surface area contributed by atoms with Crippen LogP contribution in [-0.4, -0.2) is 99.6 Å². The van der Waals surface area contributed by atoms with Crippen molar-refractivity contribution in [2.75, 3.05) is 18.9 Å². The number of aromatic nitrogens is 4. The Balaban J connectivity index is 1.15. The Labute approximate surface area is 239 Å². The lowest BCUT2D eigenvalue weighted by atomic mass is 10.1. The average Bonchev–Trinajstić information content (AvgIpc) is 3.70. The maximum Gasteiger partial charge on any atom is 0.481 e. The lowest BCUT2D eigenvalue weighted by molar-refractivity contribution is -0.0507. The number of thiophene rings is 1. The van der Waals surface area contributed by atoms with Crippen molar-refractivity contribution in [2.24, 2.45) is 0 Å². The van der Waals surface area contributed by atoms with Gasteiger partial charge < -0.3 is 45.4 Å². The summed E-state index contributed by atoms with van der Waals surface area (Å²) in [7, 11) is -10.7. The minimum atomic E-state index is -5.34. The van der Waals surface area contributed by atoms with E-state index in [0.29, 0.717) is 9.75 Å². The molecule has 8 N–H and O–H groups in total. The Kier molecular flexibility index (Phi) is 8.80. The molecule has 10 atom stereocenters. The van der Waals surface area contributed by atoms with Crippen LogP contribution in [0, 0.1) is 11.3 Å². The van der Waals surface area contributed by atoms with Crippen LogP contribution in [0.2, 0.25) is 0 Å². The lowest BCUT2D eigenvalue weighted by Gasteiger charge is -2.20. The molecule has 5 heterocycles. The van der Waals surface area contributed by atoms with Gasteiger partial charge in [0.2, 0.25) is 0 Å². The summed E-state index contributed by atoms with van der Waals surface area (Å²) in [5.41, 5.74) is 6.12. The topological polar surface area (TPSA) is 295 Å². The zero-order chi connectivity index (χ0) is 30.4. The average molecular weight is 650 g/mol. The number of phosphoric ester groups is 2. The number of aliphatic hydroxyl groups excluding tert-OH is 4. The molecular weight excluding hydrogens is 626 g/mol. The molecule has 2 fully saturated rings. The highest BCUT2D eigenvalue weighted by Gasteiger charge is 2.48. The second-order valence-corrected chi connectivity index (χ2v) is 13.3. The fourth-order valence-corrected chi connectivity index (χ4v) is 7.33. The van der Waals surface area contributed by atoms with E-state index in [4.69, 9.17) is 25.0 Å². The monoisotopic (exact) mass is 650 g/mol. The zero-order valence-electron chi connectivity index (χ0n) is 21.0. The first-order valence-corrected chi connectivity index (χ1v) is 15.7. The van der Waals surface area contributed by atoms with Crippen molar-refractivity contribution in [1.29, 1.82) is 5.26 Å². The van der Waals surface area contributed by atoms with Crippen LogP contribution in [0.5, 0.6) is 0 Å².